The Labute approximate surface area is 237 Å². The fourth-order valence-corrected chi connectivity index (χ4v) is 4.99. The summed E-state index contributed by atoms with van der Waals surface area (Å²) in [7, 11) is 1.53. The van der Waals surface area contributed by atoms with E-state index in [1.54, 1.807) is 42.5 Å². The van der Waals surface area contributed by atoms with Crippen molar-refractivity contribution in [3.63, 3.8) is 0 Å². The molecular formula is C28H23BrN2O7S. The Morgan fingerprint density at radius 1 is 1.03 bits per heavy atom. The van der Waals surface area contributed by atoms with Gasteiger partial charge in [0, 0.05) is 16.2 Å². The lowest BCUT2D eigenvalue weighted by molar-refractivity contribution is -0.127. The van der Waals surface area contributed by atoms with E-state index < -0.39 is 23.6 Å². The SMILES string of the molecule is COc1cc(/C=C2\SC(=O)N(CC(=O)Nc3ccc4c(c3)OCCO4)C2=O)ccc1OCc1ccc(Br)cc1. The van der Waals surface area contributed by atoms with Crippen LogP contribution in [-0.4, -0.2) is 48.8 Å². The molecule has 2 heterocycles. The van der Waals surface area contributed by atoms with Crippen LogP contribution in [0.4, 0.5) is 10.5 Å². The minimum atomic E-state index is -0.545. The van der Waals surface area contributed by atoms with Crippen molar-refractivity contribution < 1.29 is 33.3 Å². The zero-order valence-corrected chi connectivity index (χ0v) is 23.2. The van der Waals surface area contributed by atoms with Gasteiger partial charge in [-0.05, 0) is 65.4 Å². The van der Waals surface area contributed by atoms with E-state index in [0.717, 1.165) is 26.7 Å². The Balaban J connectivity index is 1.22. The van der Waals surface area contributed by atoms with Gasteiger partial charge in [-0.25, -0.2) is 0 Å². The summed E-state index contributed by atoms with van der Waals surface area (Å²) in [5.74, 6) is 1.09. The Morgan fingerprint density at radius 2 is 1.79 bits per heavy atom. The fraction of sp³-hybridized carbons (Fsp3) is 0.179. The van der Waals surface area contributed by atoms with Crippen LogP contribution >= 0.6 is 27.7 Å². The van der Waals surface area contributed by atoms with Crippen LogP contribution in [0.1, 0.15) is 11.1 Å². The van der Waals surface area contributed by atoms with E-state index in [1.165, 1.54) is 7.11 Å². The van der Waals surface area contributed by atoms with Crippen molar-refractivity contribution in [2.45, 2.75) is 6.61 Å². The number of nitrogens with one attached hydrogen (secondary N) is 1. The number of hydrogen-bond acceptors (Lipinski definition) is 8. The third-order valence-corrected chi connectivity index (χ3v) is 7.23. The summed E-state index contributed by atoms with van der Waals surface area (Å²) in [6.07, 6.45) is 1.59. The monoisotopic (exact) mass is 610 g/mol. The van der Waals surface area contributed by atoms with Gasteiger partial charge in [0.15, 0.2) is 23.0 Å². The first-order valence-electron chi connectivity index (χ1n) is 11.9. The molecule has 3 amide bonds. The molecule has 200 valence electrons. The number of benzene rings is 3. The zero-order chi connectivity index (χ0) is 27.4. The van der Waals surface area contributed by atoms with Crippen molar-refractivity contribution in [2.75, 3.05) is 32.2 Å². The largest absolute Gasteiger partial charge is 0.493 e. The van der Waals surface area contributed by atoms with Crippen LogP contribution in [-0.2, 0) is 16.2 Å². The number of nitrogens with zero attached hydrogens (tertiary/aromatic N) is 1. The van der Waals surface area contributed by atoms with Crippen molar-refractivity contribution in [3.05, 3.63) is 81.2 Å². The quantitative estimate of drug-likeness (QED) is 0.334. The van der Waals surface area contributed by atoms with Gasteiger partial charge >= 0.3 is 0 Å². The topological polar surface area (TPSA) is 103 Å². The fourth-order valence-electron chi connectivity index (χ4n) is 3.89. The summed E-state index contributed by atoms with van der Waals surface area (Å²) in [6.45, 7) is 0.822. The normalized spacial score (nSPS) is 15.4. The highest BCUT2D eigenvalue weighted by atomic mass is 79.9. The molecule has 0 bridgehead atoms. The van der Waals surface area contributed by atoms with Crippen molar-refractivity contribution in [2.24, 2.45) is 0 Å². The van der Waals surface area contributed by atoms with Gasteiger partial charge in [0.2, 0.25) is 5.91 Å². The molecular weight excluding hydrogens is 588 g/mol. The highest BCUT2D eigenvalue weighted by Crippen LogP contribution is 2.35. The first-order valence-corrected chi connectivity index (χ1v) is 13.5. The van der Waals surface area contributed by atoms with Gasteiger partial charge < -0.3 is 24.3 Å². The maximum Gasteiger partial charge on any atom is 0.294 e. The number of hydrogen-bond donors (Lipinski definition) is 1. The van der Waals surface area contributed by atoms with E-state index in [4.69, 9.17) is 18.9 Å². The lowest BCUT2D eigenvalue weighted by Crippen LogP contribution is -2.36. The molecule has 1 N–H and O–H groups in total. The molecule has 39 heavy (non-hydrogen) atoms. The van der Waals surface area contributed by atoms with E-state index in [0.29, 0.717) is 54.1 Å². The van der Waals surface area contributed by atoms with E-state index in [-0.39, 0.29) is 4.91 Å². The lowest BCUT2D eigenvalue weighted by Gasteiger charge is -2.19. The Hall–Kier alpha value is -3.96. The zero-order valence-electron chi connectivity index (χ0n) is 20.8. The highest BCUT2D eigenvalue weighted by Gasteiger charge is 2.36. The van der Waals surface area contributed by atoms with Crippen LogP contribution in [0.15, 0.2) is 70.0 Å². The molecule has 2 aliphatic rings. The number of carbonyl (C=O) groups is 3. The second-order valence-electron chi connectivity index (χ2n) is 8.50. The number of imide groups is 1. The minimum absolute atomic E-state index is 0.206. The molecule has 0 spiro atoms. The van der Waals surface area contributed by atoms with Crippen LogP contribution in [0.5, 0.6) is 23.0 Å². The summed E-state index contributed by atoms with van der Waals surface area (Å²) in [5, 5.41) is 2.17. The van der Waals surface area contributed by atoms with Gasteiger partial charge in [0.1, 0.15) is 26.4 Å². The predicted molar refractivity (Wildman–Crippen MR) is 150 cm³/mol. The van der Waals surface area contributed by atoms with E-state index in [1.807, 2.05) is 24.3 Å². The van der Waals surface area contributed by atoms with E-state index >= 15 is 0 Å². The number of rotatable bonds is 8. The maximum atomic E-state index is 12.9. The van der Waals surface area contributed by atoms with Gasteiger partial charge in [-0.2, -0.15) is 0 Å². The summed E-state index contributed by atoms with van der Waals surface area (Å²) in [6, 6.07) is 18.0. The molecule has 5 rings (SSSR count). The van der Waals surface area contributed by atoms with Gasteiger partial charge in [-0.15, -0.1) is 0 Å². The van der Waals surface area contributed by atoms with Crippen LogP contribution in [0.2, 0.25) is 0 Å². The molecule has 0 atom stereocenters. The summed E-state index contributed by atoms with van der Waals surface area (Å²) >= 11 is 4.19. The molecule has 1 fully saturated rings. The van der Waals surface area contributed by atoms with Crippen molar-refractivity contribution in [3.8, 4) is 23.0 Å². The number of anilines is 1. The first-order chi connectivity index (χ1) is 18.9. The first kappa shape index (κ1) is 26.6. The molecule has 0 aromatic heterocycles. The predicted octanol–water partition coefficient (Wildman–Crippen LogP) is 5.48. The van der Waals surface area contributed by atoms with Crippen molar-refractivity contribution >= 4 is 56.5 Å². The molecule has 1 saturated heterocycles. The van der Waals surface area contributed by atoms with Crippen LogP contribution in [0, 0.1) is 0 Å². The Kier molecular flexibility index (Phi) is 8.08. The third kappa shape index (κ3) is 6.37. The second kappa shape index (κ2) is 11.8. The molecule has 0 saturated carbocycles. The average Bonchev–Trinajstić information content (AvgIpc) is 3.20. The number of fused-ring (bicyclic) bond motifs is 1. The molecule has 3 aromatic carbocycles. The lowest BCUT2D eigenvalue weighted by atomic mass is 10.1. The Morgan fingerprint density at radius 3 is 2.56 bits per heavy atom. The van der Waals surface area contributed by atoms with E-state index in [9.17, 15) is 14.4 Å². The van der Waals surface area contributed by atoms with Gasteiger partial charge in [-0.1, -0.05) is 34.1 Å². The minimum Gasteiger partial charge on any atom is -0.493 e. The Bertz CT molecular complexity index is 1460. The molecule has 3 aromatic rings. The molecule has 0 radical (unpaired) electrons. The number of thioether (sulfide) groups is 1. The van der Waals surface area contributed by atoms with Gasteiger partial charge in [0.05, 0.1) is 12.0 Å². The molecule has 0 aliphatic carbocycles. The highest BCUT2D eigenvalue weighted by molar-refractivity contribution is 9.10. The summed E-state index contributed by atoms with van der Waals surface area (Å²) in [4.78, 5) is 39.2. The molecule has 2 aliphatic heterocycles. The number of methoxy groups -OCH3 is 1. The van der Waals surface area contributed by atoms with E-state index in [2.05, 4.69) is 21.2 Å². The van der Waals surface area contributed by atoms with Gasteiger partial charge in [-0.3, -0.25) is 19.3 Å². The number of amides is 3. The second-order valence-corrected chi connectivity index (χ2v) is 10.4. The van der Waals surface area contributed by atoms with Crippen LogP contribution in [0.3, 0.4) is 0 Å². The van der Waals surface area contributed by atoms with Crippen LogP contribution in [0.25, 0.3) is 6.08 Å². The average molecular weight is 611 g/mol. The van der Waals surface area contributed by atoms with Gasteiger partial charge in [0.25, 0.3) is 11.1 Å². The maximum absolute atomic E-state index is 12.9. The number of halogens is 1. The molecule has 0 unspecified atom stereocenters. The summed E-state index contributed by atoms with van der Waals surface area (Å²) < 4.78 is 23.4. The van der Waals surface area contributed by atoms with Crippen molar-refractivity contribution in [1.29, 1.82) is 0 Å². The number of carbonyl (C=O) groups excluding carboxylic acids is 3. The standard InChI is InChI=1S/C28H23BrN2O7S/c1-35-23-12-18(4-8-21(23)38-16-17-2-5-19(29)6-3-17)13-25-27(33)31(28(34)39-25)15-26(32)30-20-7-9-22-24(14-20)37-11-10-36-22/h2-9,12-14H,10-11,15-16H2,1H3,(H,30,32)/b25-13-. The van der Waals surface area contributed by atoms with Crippen molar-refractivity contribution in [1.82, 2.24) is 4.90 Å². The third-order valence-electron chi connectivity index (χ3n) is 5.79. The number of ether oxygens (including phenoxy) is 4. The smallest absolute Gasteiger partial charge is 0.294 e. The van der Waals surface area contributed by atoms with Crippen LogP contribution < -0.4 is 24.3 Å². The molecule has 11 heteroatoms. The summed E-state index contributed by atoms with van der Waals surface area (Å²) in [5.41, 5.74) is 2.12. The molecule has 9 nitrogen and oxygen atoms in total.